The van der Waals surface area contributed by atoms with Gasteiger partial charge in [0.2, 0.25) is 0 Å². The zero-order valence-corrected chi connectivity index (χ0v) is 13.9. The Bertz CT molecular complexity index is 698. The zero-order valence-electron chi connectivity index (χ0n) is 13.9. The minimum atomic E-state index is -0.433. The number of benzene rings is 2. The molecule has 5 heteroatoms. The van der Waals surface area contributed by atoms with Crippen LogP contribution in [0, 0.1) is 0 Å². The SMILES string of the molecule is O=CCOCCCNC(=O)OCC1c2ccccc2-c2ccccc21. The van der Waals surface area contributed by atoms with Gasteiger partial charge in [-0.15, -0.1) is 0 Å². The van der Waals surface area contributed by atoms with Crippen LogP contribution in [0.25, 0.3) is 11.1 Å². The summed E-state index contributed by atoms with van der Waals surface area (Å²) in [7, 11) is 0. The average Bonchev–Trinajstić information content (AvgIpc) is 2.97. The first-order valence-electron chi connectivity index (χ1n) is 8.41. The van der Waals surface area contributed by atoms with Gasteiger partial charge in [-0.2, -0.15) is 0 Å². The number of nitrogens with one attached hydrogen (secondary N) is 1. The molecule has 0 bridgehead atoms. The number of rotatable bonds is 8. The molecule has 0 atom stereocenters. The number of alkyl carbamates (subject to hydrolysis) is 1. The molecule has 2 aromatic carbocycles. The highest BCUT2D eigenvalue weighted by atomic mass is 16.5. The van der Waals surface area contributed by atoms with E-state index in [1.807, 2.05) is 24.3 Å². The molecule has 0 heterocycles. The number of aldehydes is 1. The molecule has 3 rings (SSSR count). The lowest BCUT2D eigenvalue weighted by Gasteiger charge is -2.14. The molecular formula is C20H21NO4. The summed E-state index contributed by atoms with van der Waals surface area (Å²) in [6, 6.07) is 16.5. The molecule has 0 fully saturated rings. The first-order valence-corrected chi connectivity index (χ1v) is 8.41. The van der Waals surface area contributed by atoms with Crippen molar-refractivity contribution in [3.8, 4) is 11.1 Å². The molecule has 0 aliphatic heterocycles. The van der Waals surface area contributed by atoms with Crippen molar-refractivity contribution in [2.75, 3.05) is 26.4 Å². The van der Waals surface area contributed by atoms with Gasteiger partial charge in [0.05, 0.1) is 0 Å². The van der Waals surface area contributed by atoms with Crippen LogP contribution in [-0.4, -0.2) is 38.7 Å². The topological polar surface area (TPSA) is 64.6 Å². The second-order valence-electron chi connectivity index (χ2n) is 5.85. The highest BCUT2D eigenvalue weighted by Crippen LogP contribution is 2.44. The van der Waals surface area contributed by atoms with Crippen LogP contribution in [0.15, 0.2) is 48.5 Å². The van der Waals surface area contributed by atoms with Gasteiger partial charge in [0.15, 0.2) is 0 Å². The van der Waals surface area contributed by atoms with E-state index < -0.39 is 6.09 Å². The summed E-state index contributed by atoms with van der Waals surface area (Å²) >= 11 is 0. The Morgan fingerprint density at radius 1 is 1.04 bits per heavy atom. The molecule has 25 heavy (non-hydrogen) atoms. The van der Waals surface area contributed by atoms with Gasteiger partial charge in [-0.3, -0.25) is 0 Å². The van der Waals surface area contributed by atoms with Crippen LogP contribution in [0.3, 0.4) is 0 Å². The maximum atomic E-state index is 11.9. The van der Waals surface area contributed by atoms with Crippen molar-refractivity contribution in [3.05, 3.63) is 59.7 Å². The first-order chi connectivity index (χ1) is 12.3. The van der Waals surface area contributed by atoms with Crippen molar-refractivity contribution in [3.63, 3.8) is 0 Å². The van der Waals surface area contributed by atoms with E-state index in [0.717, 1.165) is 0 Å². The molecule has 0 saturated carbocycles. The highest BCUT2D eigenvalue weighted by molar-refractivity contribution is 5.79. The Labute approximate surface area is 147 Å². The Hall–Kier alpha value is -2.66. The van der Waals surface area contributed by atoms with Crippen molar-refractivity contribution in [2.24, 2.45) is 0 Å². The summed E-state index contributed by atoms with van der Waals surface area (Å²) in [5.74, 6) is 0.0640. The minimum Gasteiger partial charge on any atom is -0.449 e. The van der Waals surface area contributed by atoms with Gasteiger partial charge < -0.3 is 19.6 Å². The normalized spacial score (nSPS) is 12.3. The minimum absolute atomic E-state index is 0.0640. The molecular weight excluding hydrogens is 318 g/mol. The molecule has 1 amide bonds. The number of hydrogen-bond donors (Lipinski definition) is 1. The van der Waals surface area contributed by atoms with E-state index >= 15 is 0 Å². The van der Waals surface area contributed by atoms with Crippen LogP contribution in [0.4, 0.5) is 4.79 Å². The summed E-state index contributed by atoms with van der Waals surface area (Å²) in [4.78, 5) is 22.0. The number of hydrogen-bond acceptors (Lipinski definition) is 4. The summed E-state index contributed by atoms with van der Waals surface area (Å²) in [5.41, 5.74) is 4.80. The molecule has 1 aliphatic carbocycles. The van der Waals surface area contributed by atoms with Crippen LogP contribution in [0.1, 0.15) is 23.5 Å². The van der Waals surface area contributed by atoms with E-state index in [-0.39, 0.29) is 12.5 Å². The van der Waals surface area contributed by atoms with Gasteiger partial charge >= 0.3 is 6.09 Å². The van der Waals surface area contributed by atoms with Gasteiger partial charge in [-0.05, 0) is 28.7 Å². The van der Waals surface area contributed by atoms with E-state index in [4.69, 9.17) is 9.47 Å². The molecule has 2 aromatic rings. The summed E-state index contributed by atoms with van der Waals surface area (Å²) < 4.78 is 10.4. The lowest BCUT2D eigenvalue weighted by atomic mass is 9.98. The first kappa shape index (κ1) is 17.2. The van der Waals surface area contributed by atoms with Gasteiger partial charge in [-0.1, -0.05) is 48.5 Å². The van der Waals surface area contributed by atoms with E-state index in [0.29, 0.717) is 32.5 Å². The summed E-state index contributed by atoms with van der Waals surface area (Å²) in [6.07, 6.45) is 0.911. The zero-order chi connectivity index (χ0) is 17.5. The lowest BCUT2D eigenvalue weighted by Crippen LogP contribution is -2.27. The smallest absolute Gasteiger partial charge is 0.407 e. The molecule has 5 nitrogen and oxygen atoms in total. The summed E-state index contributed by atoms with van der Waals surface area (Å²) in [5, 5.41) is 2.70. The second kappa shape index (κ2) is 8.44. The quantitative estimate of drug-likeness (QED) is 0.593. The van der Waals surface area contributed by atoms with Crippen molar-refractivity contribution in [1.29, 1.82) is 0 Å². The number of fused-ring (bicyclic) bond motifs is 3. The van der Waals surface area contributed by atoms with E-state index in [1.54, 1.807) is 0 Å². The lowest BCUT2D eigenvalue weighted by molar-refractivity contribution is -0.111. The van der Waals surface area contributed by atoms with Crippen molar-refractivity contribution < 1.29 is 19.1 Å². The molecule has 1 aliphatic rings. The number of amides is 1. The molecule has 0 radical (unpaired) electrons. The Balaban J connectivity index is 1.53. The Morgan fingerprint density at radius 2 is 1.68 bits per heavy atom. The molecule has 0 spiro atoms. The monoisotopic (exact) mass is 339 g/mol. The van der Waals surface area contributed by atoms with Gasteiger partial charge in [-0.25, -0.2) is 4.79 Å². The molecule has 1 N–H and O–H groups in total. The number of ether oxygens (including phenoxy) is 2. The highest BCUT2D eigenvalue weighted by Gasteiger charge is 2.28. The van der Waals surface area contributed by atoms with E-state index in [9.17, 15) is 9.59 Å². The predicted octanol–water partition coefficient (Wildman–Crippen LogP) is 3.13. The molecule has 130 valence electrons. The summed E-state index contributed by atoms with van der Waals surface area (Å²) in [6.45, 7) is 1.28. The molecule has 0 unspecified atom stereocenters. The average molecular weight is 339 g/mol. The third-order valence-corrected chi connectivity index (χ3v) is 4.26. The van der Waals surface area contributed by atoms with Gasteiger partial charge in [0, 0.05) is 19.1 Å². The third-order valence-electron chi connectivity index (χ3n) is 4.26. The van der Waals surface area contributed by atoms with Gasteiger partial charge in [0.1, 0.15) is 19.5 Å². The van der Waals surface area contributed by atoms with Crippen molar-refractivity contribution >= 4 is 12.4 Å². The fraction of sp³-hybridized carbons (Fsp3) is 0.300. The standard InChI is InChI=1S/C20H21NO4/c22-11-13-24-12-5-10-21-20(23)25-14-19-17-8-3-1-6-15(17)16-7-2-4-9-18(16)19/h1-4,6-9,11,19H,5,10,12-14H2,(H,21,23). The second-order valence-corrected chi connectivity index (χ2v) is 5.85. The predicted molar refractivity (Wildman–Crippen MR) is 94.6 cm³/mol. The largest absolute Gasteiger partial charge is 0.449 e. The van der Waals surface area contributed by atoms with Crippen LogP contribution in [-0.2, 0) is 14.3 Å². The molecule has 0 aromatic heterocycles. The van der Waals surface area contributed by atoms with Crippen molar-refractivity contribution in [1.82, 2.24) is 5.32 Å². The molecule has 0 saturated heterocycles. The fourth-order valence-corrected chi connectivity index (χ4v) is 3.15. The maximum absolute atomic E-state index is 11.9. The van der Waals surface area contributed by atoms with Crippen LogP contribution < -0.4 is 5.32 Å². The Morgan fingerprint density at radius 3 is 2.32 bits per heavy atom. The maximum Gasteiger partial charge on any atom is 0.407 e. The van der Waals surface area contributed by atoms with Crippen LogP contribution in [0.2, 0.25) is 0 Å². The van der Waals surface area contributed by atoms with E-state index in [1.165, 1.54) is 22.3 Å². The van der Waals surface area contributed by atoms with Crippen molar-refractivity contribution in [2.45, 2.75) is 12.3 Å². The van der Waals surface area contributed by atoms with Gasteiger partial charge in [0.25, 0.3) is 0 Å². The van der Waals surface area contributed by atoms with Crippen LogP contribution in [0.5, 0.6) is 0 Å². The number of carbonyl (C=O) groups excluding carboxylic acids is 2. The fourth-order valence-electron chi connectivity index (χ4n) is 3.15. The van der Waals surface area contributed by atoms with E-state index in [2.05, 4.69) is 29.6 Å². The Kier molecular flexibility index (Phi) is 5.80. The number of carbonyl (C=O) groups is 2. The van der Waals surface area contributed by atoms with Crippen LogP contribution >= 0.6 is 0 Å². The third kappa shape index (κ3) is 4.06.